The van der Waals surface area contributed by atoms with Crippen molar-refractivity contribution in [3.8, 4) is 0 Å². The first-order valence-electron chi connectivity index (χ1n) is 4.76. The van der Waals surface area contributed by atoms with Gasteiger partial charge >= 0.3 is 0 Å². The van der Waals surface area contributed by atoms with E-state index in [0.717, 1.165) is 0 Å². The summed E-state index contributed by atoms with van der Waals surface area (Å²) in [6.07, 6.45) is 1.47. The van der Waals surface area contributed by atoms with Gasteiger partial charge in [0.1, 0.15) is 17.7 Å². The Labute approximate surface area is 93.0 Å². The number of carbonyl (C=O) groups excluding carboxylic acids is 1. The van der Waals surface area contributed by atoms with Crippen molar-refractivity contribution in [2.45, 2.75) is 32.7 Å². The van der Waals surface area contributed by atoms with Crippen LogP contribution in [-0.4, -0.2) is 31.6 Å². The number of hydrogen-bond donors (Lipinski definition) is 2. The highest BCUT2D eigenvalue weighted by atomic mass is 16.4. The fourth-order valence-corrected chi connectivity index (χ4v) is 1.41. The van der Waals surface area contributed by atoms with Gasteiger partial charge in [0.25, 0.3) is 0 Å². The van der Waals surface area contributed by atoms with E-state index in [1.54, 1.807) is 20.8 Å². The number of amides is 1. The van der Waals surface area contributed by atoms with Gasteiger partial charge in [-0.15, -0.1) is 0 Å². The number of primary amides is 1. The van der Waals surface area contributed by atoms with E-state index in [2.05, 4.69) is 15.2 Å². The highest BCUT2D eigenvalue weighted by Gasteiger charge is 2.34. The SMILES string of the molecule is CC(=NO)C(C)(CC(N)=O)n1cnc(C)n1. The Morgan fingerprint density at radius 3 is 2.75 bits per heavy atom. The van der Waals surface area contributed by atoms with Gasteiger partial charge in [0.2, 0.25) is 5.91 Å². The van der Waals surface area contributed by atoms with Gasteiger partial charge in [0.15, 0.2) is 0 Å². The molecule has 0 saturated carbocycles. The number of hydrogen-bond acceptors (Lipinski definition) is 5. The average Bonchev–Trinajstić information content (AvgIpc) is 2.62. The molecular formula is C9H15N5O2. The Hall–Kier alpha value is -1.92. The third kappa shape index (κ3) is 2.18. The minimum atomic E-state index is -0.887. The van der Waals surface area contributed by atoms with Crippen molar-refractivity contribution in [1.82, 2.24) is 14.8 Å². The molecule has 1 aromatic heterocycles. The van der Waals surface area contributed by atoms with E-state index in [-0.39, 0.29) is 6.42 Å². The number of nitrogens with two attached hydrogens (primary N) is 1. The van der Waals surface area contributed by atoms with Crippen LogP contribution in [0.3, 0.4) is 0 Å². The quantitative estimate of drug-likeness (QED) is 0.428. The summed E-state index contributed by atoms with van der Waals surface area (Å²) in [5.41, 5.74) is 4.63. The molecule has 0 bridgehead atoms. The molecule has 3 N–H and O–H groups in total. The molecule has 0 aliphatic carbocycles. The third-order valence-electron chi connectivity index (χ3n) is 2.56. The van der Waals surface area contributed by atoms with E-state index in [0.29, 0.717) is 11.5 Å². The van der Waals surface area contributed by atoms with Crippen LogP contribution in [-0.2, 0) is 10.3 Å². The Morgan fingerprint density at radius 1 is 1.75 bits per heavy atom. The Bertz CT molecular complexity index is 425. The summed E-state index contributed by atoms with van der Waals surface area (Å²) in [5, 5.41) is 16.1. The molecule has 1 rings (SSSR count). The molecule has 1 unspecified atom stereocenters. The second kappa shape index (κ2) is 4.30. The van der Waals surface area contributed by atoms with E-state index < -0.39 is 11.4 Å². The maximum Gasteiger partial charge on any atom is 0.220 e. The van der Waals surface area contributed by atoms with Gasteiger partial charge in [-0.2, -0.15) is 5.10 Å². The molecule has 7 heteroatoms. The molecule has 88 valence electrons. The molecule has 0 radical (unpaired) electrons. The molecule has 0 saturated heterocycles. The predicted octanol–water partition coefficient (Wildman–Crippen LogP) is 0.0272. The predicted molar refractivity (Wildman–Crippen MR) is 57.1 cm³/mol. The molecule has 0 aromatic carbocycles. The topological polar surface area (TPSA) is 106 Å². The Kier molecular flexibility index (Phi) is 3.26. The third-order valence-corrected chi connectivity index (χ3v) is 2.56. The van der Waals surface area contributed by atoms with Crippen LogP contribution in [0.1, 0.15) is 26.1 Å². The standard InChI is InChI=1S/C9H15N5O2/c1-6(13-16)9(3,4-8(10)15)14-5-11-7(2)12-14/h5,16H,4H2,1-3H3,(H2,10,15). The van der Waals surface area contributed by atoms with E-state index in [9.17, 15) is 4.79 Å². The smallest absolute Gasteiger partial charge is 0.220 e. The number of oxime groups is 1. The van der Waals surface area contributed by atoms with Crippen molar-refractivity contribution < 1.29 is 10.0 Å². The lowest BCUT2D eigenvalue weighted by atomic mass is 9.92. The molecule has 1 amide bonds. The molecular weight excluding hydrogens is 210 g/mol. The van der Waals surface area contributed by atoms with Crippen molar-refractivity contribution in [2.24, 2.45) is 10.9 Å². The fraction of sp³-hybridized carbons (Fsp3) is 0.556. The monoisotopic (exact) mass is 225 g/mol. The molecule has 1 aromatic rings. The minimum Gasteiger partial charge on any atom is -0.411 e. The summed E-state index contributed by atoms with van der Waals surface area (Å²) in [6.45, 7) is 5.04. The van der Waals surface area contributed by atoms with Gasteiger partial charge in [-0.25, -0.2) is 9.67 Å². The second-order valence-electron chi connectivity index (χ2n) is 3.84. The second-order valence-corrected chi connectivity index (χ2v) is 3.84. The van der Waals surface area contributed by atoms with Gasteiger partial charge in [0, 0.05) is 0 Å². The first kappa shape index (κ1) is 12.2. The summed E-state index contributed by atoms with van der Waals surface area (Å²) in [7, 11) is 0. The summed E-state index contributed by atoms with van der Waals surface area (Å²) >= 11 is 0. The van der Waals surface area contributed by atoms with Crippen molar-refractivity contribution in [3.05, 3.63) is 12.2 Å². The fourth-order valence-electron chi connectivity index (χ4n) is 1.41. The summed E-state index contributed by atoms with van der Waals surface area (Å²) < 4.78 is 1.47. The van der Waals surface area contributed by atoms with E-state index >= 15 is 0 Å². The summed E-state index contributed by atoms with van der Waals surface area (Å²) in [4.78, 5) is 15.0. The number of carbonyl (C=O) groups is 1. The largest absolute Gasteiger partial charge is 0.411 e. The molecule has 1 atom stereocenters. The molecule has 16 heavy (non-hydrogen) atoms. The molecule has 1 heterocycles. The van der Waals surface area contributed by atoms with Crippen LogP contribution in [0.2, 0.25) is 0 Å². The van der Waals surface area contributed by atoms with Gasteiger partial charge in [-0.1, -0.05) is 5.16 Å². The first-order valence-corrected chi connectivity index (χ1v) is 4.76. The molecule has 0 fully saturated rings. The van der Waals surface area contributed by atoms with Gasteiger partial charge < -0.3 is 10.9 Å². The lowest BCUT2D eigenvalue weighted by Crippen LogP contribution is -2.41. The number of rotatable bonds is 4. The van der Waals surface area contributed by atoms with Gasteiger partial charge in [-0.3, -0.25) is 4.79 Å². The van der Waals surface area contributed by atoms with Crippen molar-refractivity contribution in [3.63, 3.8) is 0 Å². The van der Waals surface area contributed by atoms with E-state index in [1.807, 2.05) is 0 Å². The minimum absolute atomic E-state index is 0.00824. The summed E-state index contributed by atoms with van der Waals surface area (Å²) in [6, 6.07) is 0. The van der Waals surface area contributed by atoms with Gasteiger partial charge in [-0.05, 0) is 20.8 Å². The Morgan fingerprint density at radius 2 is 2.38 bits per heavy atom. The van der Waals surface area contributed by atoms with Crippen LogP contribution in [0.5, 0.6) is 0 Å². The number of aryl methyl sites for hydroxylation is 1. The molecule has 0 aliphatic rings. The van der Waals surface area contributed by atoms with Crippen LogP contribution in [0.25, 0.3) is 0 Å². The van der Waals surface area contributed by atoms with Gasteiger partial charge in [0.05, 0.1) is 12.1 Å². The zero-order chi connectivity index (χ0) is 12.3. The zero-order valence-electron chi connectivity index (χ0n) is 9.51. The molecule has 7 nitrogen and oxygen atoms in total. The maximum absolute atomic E-state index is 11.0. The van der Waals surface area contributed by atoms with Crippen LogP contribution in [0, 0.1) is 6.92 Å². The van der Waals surface area contributed by atoms with Crippen LogP contribution in [0.4, 0.5) is 0 Å². The summed E-state index contributed by atoms with van der Waals surface area (Å²) in [5.74, 6) is 0.0695. The maximum atomic E-state index is 11.0. The van der Waals surface area contributed by atoms with Crippen LogP contribution >= 0.6 is 0 Å². The van der Waals surface area contributed by atoms with Crippen molar-refractivity contribution >= 4 is 11.6 Å². The highest BCUT2D eigenvalue weighted by molar-refractivity contribution is 5.93. The van der Waals surface area contributed by atoms with E-state index in [1.165, 1.54) is 11.0 Å². The zero-order valence-corrected chi connectivity index (χ0v) is 9.51. The van der Waals surface area contributed by atoms with Crippen molar-refractivity contribution in [2.75, 3.05) is 0 Å². The van der Waals surface area contributed by atoms with Crippen LogP contribution in [0.15, 0.2) is 11.5 Å². The average molecular weight is 225 g/mol. The highest BCUT2D eigenvalue weighted by Crippen LogP contribution is 2.21. The Balaban J connectivity index is 3.19. The number of nitrogens with zero attached hydrogens (tertiary/aromatic N) is 4. The lowest BCUT2D eigenvalue weighted by molar-refractivity contribution is -0.119. The number of aromatic nitrogens is 3. The molecule has 0 aliphatic heterocycles. The van der Waals surface area contributed by atoms with Crippen molar-refractivity contribution in [1.29, 1.82) is 0 Å². The first-order chi connectivity index (χ1) is 7.40. The normalized spacial score (nSPS) is 15.8. The lowest BCUT2D eigenvalue weighted by Gasteiger charge is -2.27. The molecule has 0 spiro atoms. The van der Waals surface area contributed by atoms with E-state index in [4.69, 9.17) is 10.9 Å². The van der Waals surface area contributed by atoms with Crippen LogP contribution < -0.4 is 5.73 Å².